The van der Waals surface area contributed by atoms with Gasteiger partial charge in [-0.2, -0.15) is 13.8 Å². The highest BCUT2D eigenvalue weighted by Crippen LogP contribution is 2.33. The van der Waals surface area contributed by atoms with E-state index in [0.717, 1.165) is 36.9 Å². The third-order valence-corrected chi connectivity index (χ3v) is 8.44. The maximum atomic E-state index is 14.6. The van der Waals surface area contributed by atoms with E-state index in [2.05, 4.69) is 21.0 Å². The summed E-state index contributed by atoms with van der Waals surface area (Å²) >= 11 is 6.13. The number of hydrogen-bond acceptors (Lipinski definition) is 8. The summed E-state index contributed by atoms with van der Waals surface area (Å²) in [4.78, 5) is 29.2. The van der Waals surface area contributed by atoms with E-state index in [-0.39, 0.29) is 35.8 Å². The van der Waals surface area contributed by atoms with Gasteiger partial charge in [-0.1, -0.05) is 23.7 Å². The summed E-state index contributed by atoms with van der Waals surface area (Å²) in [5.41, 5.74) is 2.79. The topological polar surface area (TPSA) is 125 Å². The van der Waals surface area contributed by atoms with E-state index in [4.69, 9.17) is 30.5 Å². The van der Waals surface area contributed by atoms with Gasteiger partial charge >= 0.3 is 5.97 Å². The normalized spacial score (nSPS) is 18.4. The maximum absolute atomic E-state index is 14.6. The Balaban J connectivity index is 1.07. The highest BCUT2D eigenvalue weighted by atomic mass is 35.5. The van der Waals surface area contributed by atoms with E-state index in [1.807, 2.05) is 4.57 Å². The SMILES string of the molecule is O=C(O)c1ccc2nc(C[C@@H]3CC=C(c4ncc(F)c(OCc5ccc(Cl)c6cc(F)oc56)n4)CC3)n(C[C@@H]3CCO3)c2n1. The summed E-state index contributed by atoms with van der Waals surface area (Å²) in [7, 11) is 0. The molecule has 1 aromatic carbocycles. The van der Waals surface area contributed by atoms with Crippen LogP contribution in [0.15, 0.2) is 47.0 Å². The van der Waals surface area contributed by atoms with Crippen molar-refractivity contribution in [2.24, 2.45) is 5.92 Å². The largest absolute Gasteiger partial charge is 0.477 e. The van der Waals surface area contributed by atoms with Gasteiger partial charge in [0.1, 0.15) is 23.5 Å². The lowest BCUT2D eigenvalue weighted by atomic mass is 9.87. The van der Waals surface area contributed by atoms with Gasteiger partial charge in [-0.25, -0.2) is 19.7 Å². The number of pyridine rings is 1. The molecule has 1 saturated heterocycles. The highest BCUT2D eigenvalue weighted by Gasteiger charge is 2.26. The van der Waals surface area contributed by atoms with Crippen LogP contribution in [0.2, 0.25) is 5.02 Å². The first-order valence-electron chi connectivity index (χ1n) is 14.2. The number of benzene rings is 1. The van der Waals surface area contributed by atoms with Crippen LogP contribution in [0.5, 0.6) is 5.88 Å². The van der Waals surface area contributed by atoms with Gasteiger partial charge < -0.3 is 23.6 Å². The van der Waals surface area contributed by atoms with E-state index in [1.54, 1.807) is 18.2 Å². The molecule has 0 spiro atoms. The van der Waals surface area contributed by atoms with Crippen molar-refractivity contribution in [3.05, 3.63) is 82.4 Å². The van der Waals surface area contributed by atoms with Gasteiger partial charge in [0, 0.05) is 30.0 Å². The van der Waals surface area contributed by atoms with Crippen molar-refractivity contribution < 1.29 is 32.6 Å². The number of aromatic nitrogens is 5. The Morgan fingerprint density at radius 2 is 2.02 bits per heavy atom. The van der Waals surface area contributed by atoms with E-state index in [0.29, 0.717) is 59.0 Å². The lowest BCUT2D eigenvalue weighted by Gasteiger charge is -2.28. The van der Waals surface area contributed by atoms with Crippen molar-refractivity contribution in [2.75, 3.05) is 6.61 Å². The van der Waals surface area contributed by atoms with Crippen molar-refractivity contribution in [1.82, 2.24) is 24.5 Å². The molecule has 1 aliphatic carbocycles. The summed E-state index contributed by atoms with van der Waals surface area (Å²) in [6, 6.07) is 6.81. The van der Waals surface area contributed by atoms with Gasteiger partial charge in [0.05, 0.1) is 23.9 Å². The van der Waals surface area contributed by atoms with Crippen molar-refractivity contribution in [3.63, 3.8) is 0 Å². The summed E-state index contributed by atoms with van der Waals surface area (Å²) < 4.78 is 46.8. The molecule has 0 radical (unpaired) electrons. The first-order valence-corrected chi connectivity index (χ1v) is 14.6. The number of nitrogens with zero attached hydrogens (tertiary/aromatic N) is 5. The molecule has 2 atom stereocenters. The second kappa shape index (κ2) is 11.6. The van der Waals surface area contributed by atoms with Crippen LogP contribution in [0.1, 0.15) is 53.4 Å². The minimum absolute atomic E-state index is 0.0241. The van der Waals surface area contributed by atoms with Crippen LogP contribution in [0.3, 0.4) is 0 Å². The second-order valence-electron chi connectivity index (χ2n) is 11.0. The Morgan fingerprint density at radius 1 is 1.16 bits per heavy atom. The molecule has 1 fully saturated rings. The van der Waals surface area contributed by atoms with E-state index in [1.165, 1.54) is 12.1 Å². The molecule has 7 rings (SSSR count). The molecule has 44 heavy (non-hydrogen) atoms. The minimum Gasteiger partial charge on any atom is -0.477 e. The standard InChI is InChI=1S/C31H26ClF2N5O5/c32-21-6-5-18(27-20(21)12-25(34)44-27)15-43-30-22(33)13-35-28(38-30)17-3-1-16(2-4-17)11-26-36-23-7-8-24(31(40)41)37-29(23)39(26)14-19-9-10-42-19/h3,5-8,12-13,16,19H,1-2,4,9-11,14-15H2,(H,40,41)/t16-,19+/m1/s1. The van der Waals surface area contributed by atoms with Crippen molar-refractivity contribution >= 4 is 45.3 Å². The van der Waals surface area contributed by atoms with E-state index >= 15 is 0 Å². The number of hydrogen-bond donors (Lipinski definition) is 1. The molecule has 5 heterocycles. The quantitative estimate of drug-likeness (QED) is 0.199. The first-order chi connectivity index (χ1) is 21.3. The van der Waals surface area contributed by atoms with Crippen LogP contribution < -0.4 is 4.74 Å². The molecular weight excluding hydrogens is 596 g/mol. The molecule has 5 aromatic rings. The number of imidazole rings is 1. The fraction of sp³-hybridized carbons (Fsp3) is 0.323. The third kappa shape index (κ3) is 5.50. The van der Waals surface area contributed by atoms with Gasteiger partial charge in [0.15, 0.2) is 17.2 Å². The predicted octanol–water partition coefficient (Wildman–Crippen LogP) is 6.39. The van der Waals surface area contributed by atoms with Gasteiger partial charge in [0.2, 0.25) is 5.82 Å². The van der Waals surface area contributed by atoms with E-state index in [9.17, 15) is 18.7 Å². The first kappa shape index (κ1) is 28.4. The molecule has 0 amide bonds. The second-order valence-corrected chi connectivity index (χ2v) is 11.4. The van der Waals surface area contributed by atoms with Crippen molar-refractivity contribution in [3.8, 4) is 5.88 Å². The maximum Gasteiger partial charge on any atom is 0.354 e. The van der Waals surface area contributed by atoms with Crippen LogP contribution >= 0.6 is 11.6 Å². The van der Waals surface area contributed by atoms with Crippen LogP contribution in [0, 0.1) is 17.7 Å². The molecule has 13 heteroatoms. The molecule has 1 aliphatic heterocycles. The molecule has 10 nitrogen and oxygen atoms in total. The smallest absolute Gasteiger partial charge is 0.354 e. The lowest BCUT2D eigenvalue weighted by Crippen LogP contribution is -2.32. The molecule has 1 N–H and O–H groups in total. The molecule has 0 unspecified atom stereocenters. The molecule has 0 saturated carbocycles. The number of carbonyl (C=O) groups is 1. The highest BCUT2D eigenvalue weighted by molar-refractivity contribution is 6.35. The van der Waals surface area contributed by atoms with Crippen LogP contribution in [-0.2, 0) is 24.3 Å². The fourth-order valence-electron chi connectivity index (χ4n) is 5.67. The van der Waals surface area contributed by atoms with Gasteiger partial charge in [0.25, 0.3) is 11.9 Å². The number of rotatable bonds is 9. The van der Waals surface area contributed by atoms with E-state index < -0.39 is 17.8 Å². The summed E-state index contributed by atoms with van der Waals surface area (Å²) in [5, 5.41) is 10.2. The molecule has 226 valence electrons. The number of allylic oxidation sites excluding steroid dienone is 2. The number of aromatic carboxylic acids is 1. The average Bonchev–Trinajstić information content (AvgIpc) is 3.55. The monoisotopic (exact) mass is 621 g/mol. The van der Waals surface area contributed by atoms with Gasteiger partial charge in [-0.05, 0) is 55.4 Å². The Morgan fingerprint density at radius 3 is 2.77 bits per heavy atom. The molecule has 0 bridgehead atoms. The van der Waals surface area contributed by atoms with Crippen molar-refractivity contribution in [2.45, 2.75) is 51.4 Å². The lowest BCUT2D eigenvalue weighted by molar-refractivity contribution is -0.0591. The molecule has 4 aromatic heterocycles. The Kier molecular flexibility index (Phi) is 7.47. The Hall–Kier alpha value is -4.42. The molecular formula is C31H26ClF2N5O5. The number of fused-ring (bicyclic) bond motifs is 2. The number of furan rings is 1. The number of halogens is 3. The third-order valence-electron chi connectivity index (χ3n) is 8.11. The zero-order valence-electron chi connectivity index (χ0n) is 23.3. The van der Waals surface area contributed by atoms with Crippen LogP contribution in [0.4, 0.5) is 8.78 Å². The number of carboxylic acids is 1. The van der Waals surface area contributed by atoms with Crippen LogP contribution in [0.25, 0.3) is 27.7 Å². The summed E-state index contributed by atoms with van der Waals surface area (Å²) in [6.45, 7) is 1.17. The average molecular weight is 622 g/mol. The van der Waals surface area contributed by atoms with Gasteiger partial charge in [-0.15, -0.1) is 0 Å². The molecule has 2 aliphatic rings. The van der Waals surface area contributed by atoms with Crippen LogP contribution in [-0.4, -0.2) is 48.3 Å². The Bertz CT molecular complexity index is 1940. The summed E-state index contributed by atoms with van der Waals surface area (Å²) in [5.74, 6) is -0.523. The van der Waals surface area contributed by atoms with Crippen molar-refractivity contribution in [1.29, 1.82) is 0 Å². The number of carboxylic acid groups (broad SMARTS) is 1. The van der Waals surface area contributed by atoms with Gasteiger partial charge in [-0.3, -0.25) is 0 Å². The zero-order valence-corrected chi connectivity index (χ0v) is 24.1. The zero-order chi connectivity index (χ0) is 30.4. The summed E-state index contributed by atoms with van der Waals surface area (Å²) in [6.07, 6.45) is 7.03. The predicted molar refractivity (Wildman–Crippen MR) is 155 cm³/mol. The fourth-order valence-corrected chi connectivity index (χ4v) is 5.87. The Labute approximate surface area is 254 Å². The minimum atomic E-state index is -1.09. The number of ether oxygens (including phenoxy) is 2.